The first kappa shape index (κ1) is 44.6. The molecule has 55 heavy (non-hydrogen) atoms. The number of hydrogen-bond donors (Lipinski definition) is 9. The molecule has 3 aliphatic rings. The molecule has 3 aromatic carbocycles. The summed E-state index contributed by atoms with van der Waals surface area (Å²) in [6.45, 7) is 0.514. The largest absolute Gasteiger partial charge is 0.491 e. The topological polar surface area (TPSA) is 290 Å². The van der Waals surface area contributed by atoms with Crippen LogP contribution in [0, 0.1) is 17.5 Å². The van der Waals surface area contributed by atoms with Crippen LogP contribution in [0.15, 0.2) is 36.4 Å². The molecule has 0 bridgehead atoms. The van der Waals surface area contributed by atoms with Crippen molar-refractivity contribution in [2.24, 2.45) is 11.5 Å². The number of carbonyl (C=O) groups excluding carboxylic acids is 3. The second-order valence-corrected chi connectivity index (χ2v) is 11.9. The Bertz CT molecular complexity index is 1990. The third-order valence-electron chi connectivity index (χ3n) is 8.22. The highest BCUT2D eigenvalue weighted by Crippen LogP contribution is 2.18. The molecule has 0 unspecified atom stereocenters. The summed E-state index contributed by atoms with van der Waals surface area (Å²) in [5.74, 6) is -6.63. The first-order valence-electron chi connectivity index (χ1n) is 15.8. The standard InChI is InChI=1S/C19H16B2F2N2O8.C9H8BFO3.C3H8N2O2.ClH/c22-14-3-8(1-12-10(14)6-32-20(12)30)17(26)24-5-16(19(28)29)25-18(27)9-2-13-11(15(23)4-9)7-33-21(13)31;1-5(12)6-2-8-7(9(11)3-6)4-14-10(8)13;4-1-2(5)3(6)7;/h1-4,16,30-31H,5-7H2,(H,24,26)(H,25,27)(H,28,29);2-3,13H,4H2,1H3;2H,1,4-5H2,(H,6,7);1H/t16-;;2-;/m0.0./s1. The maximum absolute atomic E-state index is 14.2. The molecule has 292 valence electrons. The Labute approximate surface area is 317 Å². The number of benzene rings is 3. The molecule has 3 aliphatic heterocycles. The molecule has 17 nitrogen and oxygen atoms in total. The van der Waals surface area contributed by atoms with Crippen LogP contribution in [0.5, 0.6) is 0 Å². The number of carboxylic acids is 2. The summed E-state index contributed by atoms with van der Waals surface area (Å²) < 4.78 is 56.3. The number of fused-ring (bicyclic) bond motifs is 3. The second kappa shape index (κ2) is 19.2. The van der Waals surface area contributed by atoms with Crippen molar-refractivity contribution in [2.45, 2.75) is 38.8 Å². The van der Waals surface area contributed by atoms with Crippen LogP contribution in [0.3, 0.4) is 0 Å². The van der Waals surface area contributed by atoms with E-state index in [0.29, 0.717) is 11.0 Å². The quantitative estimate of drug-likeness (QED) is 0.0773. The van der Waals surface area contributed by atoms with Gasteiger partial charge in [-0.05, 0) is 53.6 Å². The van der Waals surface area contributed by atoms with Gasteiger partial charge >= 0.3 is 33.3 Å². The number of rotatable bonds is 9. The third-order valence-corrected chi connectivity index (χ3v) is 8.22. The van der Waals surface area contributed by atoms with Gasteiger partial charge in [0.15, 0.2) is 5.78 Å². The highest BCUT2D eigenvalue weighted by Gasteiger charge is 2.34. The molecule has 2 amide bonds. The molecule has 6 rings (SSSR count). The number of carbonyl (C=O) groups is 5. The predicted octanol–water partition coefficient (Wildman–Crippen LogP) is -2.96. The van der Waals surface area contributed by atoms with Crippen LogP contribution in [-0.2, 0) is 43.4 Å². The van der Waals surface area contributed by atoms with Crippen LogP contribution in [0.1, 0.15) is 54.7 Å². The van der Waals surface area contributed by atoms with Gasteiger partial charge in [-0.1, -0.05) is 6.07 Å². The monoisotopic (exact) mass is 794 g/mol. The number of carboxylic acid groups (broad SMARTS) is 2. The summed E-state index contributed by atoms with van der Waals surface area (Å²) in [6, 6.07) is 4.34. The van der Waals surface area contributed by atoms with Crippen molar-refractivity contribution in [2.75, 3.05) is 13.1 Å². The number of amides is 2. The molecule has 11 N–H and O–H groups in total. The van der Waals surface area contributed by atoms with E-state index in [9.17, 15) is 57.3 Å². The number of nitrogens with one attached hydrogen (secondary N) is 2. The Hall–Kier alpha value is -4.84. The minimum Gasteiger partial charge on any atom is -0.480 e. The lowest BCUT2D eigenvalue weighted by molar-refractivity contribution is -0.139. The average molecular weight is 795 g/mol. The molecule has 0 radical (unpaired) electrons. The van der Waals surface area contributed by atoms with Crippen LogP contribution < -0.4 is 38.5 Å². The van der Waals surface area contributed by atoms with Gasteiger partial charge in [0.1, 0.15) is 29.5 Å². The number of ketones is 1. The lowest BCUT2D eigenvalue weighted by atomic mass is 9.78. The smallest absolute Gasteiger partial charge is 0.480 e. The average Bonchev–Trinajstić information content (AvgIpc) is 3.82. The molecular formula is C31H33B3ClF3N4O13. The van der Waals surface area contributed by atoms with Crippen LogP contribution in [0.4, 0.5) is 13.2 Å². The van der Waals surface area contributed by atoms with E-state index in [4.69, 9.17) is 30.5 Å². The summed E-state index contributed by atoms with van der Waals surface area (Å²) in [5.41, 5.74) is 10.6. The molecule has 3 heterocycles. The van der Waals surface area contributed by atoms with E-state index in [1.807, 2.05) is 0 Å². The van der Waals surface area contributed by atoms with Gasteiger partial charge in [0, 0.05) is 46.5 Å². The zero-order chi connectivity index (χ0) is 40.0. The SMILES string of the molecule is CC(=O)c1cc(F)c2c(c1)B(O)OC2.Cl.NC[C@H](N)C(=O)O.O=C(NC[C@H](NC(=O)c1cc(F)c2c(c1)B(O)OC2)C(=O)O)c1cc(F)c2c(c1)B(O)OC2. The van der Waals surface area contributed by atoms with Gasteiger partial charge in [-0.3, -0.25) is 19.2 Å². The maximum Gasteiger partial charge on any atom is 0.491 e. The van der Waals surface area contributed by atoms with Gasteiger partial charge in [0.05, 0.1) is 19.8 Å². The van der Waals surface area contributed by atoms with Gasteiger partial charge in [0.25, 0.3) is 11.8 Å². The Morgan fingerprint density at radius 3 is 1.44 bits per heavy atom. The maximum atomic E-state index is 14.2. The van der Waals surface area contributed by atoms with Gasteiger partial charge in [-0.15, -0.1) is 12.4 Å². The minimum atomic E-state index is -1.60. The number of hydrogen-bond acceptors (Lipinski definition) is 13. The molecular weight excluding hydrogens is 761 g/mol. The first-order chi connectivity index (χ1) is 25.4. The minimum absolute atomic E-state index is 0. The highest BCUT2D eigenvalue weighted by atomic mass is 35.5. The summed E-state index contributed by atoms with van der Waals surface area (Å²) in [6.07, 6.45) is 0. The van der Waals surface area contributed by atoms with E-state index < -0.39 is 81.2 Å². The summed E-state index contributed by atoms with van der Waals surface area (Å²) in [4.78, 5) is 57.2. The molecule has 0 aromatic heterocycles. The molecule has 3 aromatic rings. The second-order valence-electron chi connectivity index (χ2n) is 11.9. The van der Waals surface area contributed by atoms with Crippen molar-refractivity contribution in [1.29, 1.82) is 0 Å². The van der Waals surface area contributed by atoms with E-state index >= 15 is 0 Å². The first-order valence-corrected chi connectivity index (χ1v) is 15.8. The number of Topliss-reactive ketones (excluding diaryl/α,β-unsaturated/α-hetero) is 1. The van der Waals surface area contributed by atoms with Crippen molar-refractivity contribution in [3.05, 3.63) is 87.2 Å². The van der Waals surface area contributed by atoms with E-state index in [1.165, 1.54) is 31.2 Å². The van der Waals surface area contributed by atoms with Gasteiger partial charge < -0.3 is 61.3 Å². The fraction of sp³-hybridized carbons (Fsp3) is 0.258. The van der Waals surface area contributed by atoms with Gasteiger partial charge in [-0.2, -0.15) is 0 Å². The summed E-state index contributed by atoms with van der Waals surface area (Å²) in [5, 5.41) is 50.5. The van der Waals surface area contributed by atoms with Gasteiger partial charge in [-0.25, -0.2) is 18.0 Å². The van der Waals surface area contributed by atoms with Crippen molar-refractivity contribution in [3.8, 4) is 0 Å². The van der Waals surface area contributed by atoms with Crippen LogP contribution in [0.2, 0.25) is 0 Å². The Kier molecular flexibility index (Phi) is 15.5. The number of nitrogens with two attached hydrogens (primary N) is 2. The molecule has 2 atom stereocenters. The number of aliphatic carboxylic acids is 2. The lowest BCUT2D eigenvalue weighted by Gasteiger charge is -2.16. The fourth-order valence-electron chi connectivity index (χ4n) is 5.15. The van der Waals surface area contributed by atoms with E-state index in [2.05, 4.69) is 10.6 Å². The van der Waals surface area contributed by atoms with Crippen LogP contribution >= 0.6 is 12.4 Å². The Morgan fingerprint density at radius 1 is 0.709 bits per heavy atom. The van der Waals surface area contributed by atoms with Crippen LogP contribution in [-0.4, -0.2) is 101 Å². The summed E-state index contributed by atoms with van der Waals surface area (Å²) in [7, 11) is -3.91. The fourth-order valence-corrected chi connectivity index (χ4v) is 5.15. The van der Waals surface area contributed by atoms with Gasteiger partial charge in [0.2, 0.25) is 0 Å². The summed E-state index contributed by atoms with van der Waals surface area (Å²) >= 11 is 0. The lowest BCUT2D eigenvalue weighted by Crippen LogP contribution is -2.48. The normalized spacial score (nSPS) is 14.5. The molecule has 0 fully saturated rings. The van der Waals surface area contributed by atoms with Crippen molar-refractivity contribution >= 4 is 79.7 Å². The highest BCUT2D eigenvalue weighted by molar-refractivity contribution is 6.62. The van der Waals surface area contributed by atoms with Crippen LogP contribution in [0.25, 0.3) is 0 Å². The third kappa shape index (κ3) is 10.7. The van der Waals surface area contributed by atoms with E-state index in [-0.39, 0.29) is 83.3 Å². The van der Waals surface area contributed by atoms with Crippen molar-refractivity contribution < 1.29 is 76.4 Å². The van der Waals surface area contributed by atoms with Crippen molar-refractivity contribution in [1.82, 2.24) is 10.6 Å². The zero-order valence-electron chi connectivity index (χ0n) is 28.6. The van der Waals surface area contributed by atoms with E-state index in [0.717, 1.165) is 12.1 Å². The Balaban J connectivity index is 0.000000303. The number of halogens is 4. The molecule has 0 saturated heterocycles. The Morgan fingerprint density at radius 2 is 1.09 bits per heavy atom. The zero-order valence-corrected chi connectivity index (χ0v) is 29.4. The van der Waals surface area contributed by atoms with E-state index in [1.54, 1.807) is 0 Å². The predicted molar refractivity (Wildman–Crippen MR) is 190 cm³/mol. The molecule has 24 heteroatoms. The molecule has 0 saturated carbocycles. The molecule has 0 spiro atoms. The van der Waals surface area contributed by atoms with Crippen molar-refractivity contribution in [3.63, 3.8) is 0 Å². The molecule has 0 aliphatic carbocycles.